The first-order valence-corrected chi connectivity index (χ1v) is 6.43. The summed E-state index contributed by atoms with van der Waals surface area (Å²) in [6, 6.07) is 6.17. The lowest BCUT2D eigenvalue weighted by molar-refractivity contribution is -0.126. The zero-order valence-corrected chi connectivity index (χ0v) is 10.6. The molecule has 1 fully saturated rings. The van der Waals surface area contributed by atoms with E-state index >= 15 is 0 Å². The lowest BCUT2D eigenvalue weighted by Crippen LogP contribution is -2.41. The maximum Gasteiger partial charge on any atom is 0.224 e. The number of carbonyl (C=O) groups is 1. The summed E-state index contributed by atoms with van der Waals surface area (Å²) in [5.74, 6) is -0.116. The van der Waals surface area contributed by atoms with Crippen LogP contribution in [0.1, 0.15) is 31.4 Å². The van der Waals surface area contributed by atoms with Gasteiger partial charge < -0.3 is 10.6 Å². The van der Waals surface area contributed by atoms with Crippen LogP contribution in [0, 0.1) is 11.7 Å². The number of hydrogen-bond donors (Lipinski definition) is 2. The number of piperidine rings is 1. The van der Waals surface area contributed by atoms with Crippen molar-refractivity contribution in [3.05, 3.63) is 35.6 Å². The molecule has 1 heterocycles. The second-order valence-corrected chi connectivity index (χ2v) is 4.83. The Kier molecular flexibility index (Phi) is 4.31. The van der Waals surface area contributed by atoms with Crippen molar-refractivity contribution in [2.45, 2.75) is 25.8 Å². The summed E-state index contributed by atoms with van der Waals surface area (Å²) in [6.07, 6.45) is 1.98. The van der Waals surface area contributed by atoms with E-state index in [0.29, 0.717) is 0 Å². The van der Waals surface area contributed by atoms with Crippen molar-refractivity contribution < 1.29 is 9.18 Å². The van der Waals surface area contributed by atoms with Gasteiger partial charge in [0.1, 0.15) is 5.82 Å². The van der Waals surface area contributed by atoms with Crippen molar-refractivity contribution in [3.8, 4) is 0 Å². The molecule has 18 heavy (non-hydrogen) atoms. The van der Waals surface area contributed by atoms with Crippen molar-refractivity contribution in [1.29, 1.82) is 0 Å². The maximum atomic E-state index is 12.8. The minimum atomic E-state index is -0.256. The van der Waals surface area contributed by atoms with Gasteiger partial charge in [0.2, 0.25) is 5.91 Å². The van der Waals surface area contributed by atoms with Crippen molar-refractivity contribution in [1.82, 2.24) is 10.6 Å². The first-order chi connectivity index (χ1) is 8.66. The summed E-state index contributed by atoms with van der Waals surface area (Å²) >= 11 is 0. The summed E-state index contributed by atoms with van der Waals surface area (Å²) in [7, 11) is 0. The minimum absolute atomic E-state index is 0.0571. The number of benzene rings is 1. The largest absolute Gasteiger partial charge is 0.349 e. The van der Waals surface area contributed by atoms with Crippen LogP contribution in [0.15, 0.2) is 24.3 Å². The van der Waals surface area contributed by atoms with Gasteiger partial charge in [-0.3, -0.25) is 4.79 Å². The average molecular weight is 250 g/mol. The Labute approximate surface area is 107 Å². The molecule has 0 aliphatic carbocycles. The summed E-state index contributed by atoms with van der Waals surface area (Å²) in [5, 5.41) is 6.21. The van der Waals surface area contributed by atoms with Gasteiger partial charge in [-0.15, -0.1) is 0 Å². The smallest absolute Gasteiger partial charge is 0.224 e. The van der Waals surface area contributed by atoms with Crippen LogP contribution in [-0.2, 0) is 4.79 Å². The number of halogens is 1. The molecule has 0 saturated carbocycles. The molecule has 1 aliphatic heterocycles. The third kappa shape index (κ3) is 3.29. The molecule has 1 aromatic rings. The first-order valence-electron chi connectivity index (χ1n) is 6.43. The minimum Gasteiger partial charge on any atom is -0.349 e. The predicted octanol–water partition coefficient (Wildman–Crippen LogP) is 2.00. The van der Waals surface area contributed by atoms with Crippen molar-refractivity contribution >= 4 is 5.91 Å². The summed E-state index contributed by atoms with van der Waals surface area (Å²) < 4.78 is 12.8. The average Bonchev–Trinajstić information content (AvgIpc) is 2.40. The van der Waals surface area contributed by atoms with E-state index in [4.69, 9.17) is 0 Å². The Bertz CT molecular complexity index is 399. The lowest BCUT2D eigenvalue weighted by atomic mass is 9.98. The molecule has 3 nitrogen and oxygen atoms in total. The van der Waals surface area contributed by atoms with Crippen LogP contribution in [-0.4, -0.2) is 19.0 Å². The lowest BCUT2D eigenvalue weighted by Gasteiger charge is -2.24. The van der Waals surface area contributed by atoms with Gasteiger partial charge in [0, 0.05) is 6.54 Å². The molecule has 0 aromatic heterocycles. The standard InChI is InChI=1S/C14H19FN2O/c1-10(11-4-6-13(15)7-5-11)17-14(18)12-3-2-8-16-9-12/h4-7,10,12,16H,2-3,8-9H2,1H3,(H,17,18)/t10-,12?/m1/s1. The van der Waals surface area contributed by atoms with Crippen LogP contribution in [0.4, 0.5) is 4.39 Å². The fourth-order valence-corrected chi connectivity index (χ4v) is 2.24. The van der Waals surface area contributed by atoms with Crippen molar-refractivity contribution in [2.75, 3.05) is 13.1 Å². The van der Waals surface area contributed by atoms with Gasteiger partial charge in [-0.2, -0.15) is 0 Å². The number of amides is 1. The number of rotatable bonds is 3. The molecule has 2 N–H and O–H groups in total. The quantitative estimate of drug-likeness (QED) is 0.861. The molecule has 4 heteroatoms. The van der Waals surface area contributed by atoms with Gasteiger partial charge in [-0.05, 0) is 44.0 Å². The molecule has 0 radical (unpaired) electrons. The van der Waals surface area contributed by atoms with E-state index in [2.05, 4.69) is 10.6 Å². The van der Waals surface area contributed by atoms with Crippen LogP contribution in [0.25, 0.3) is 0 Å². The van der Waals surface area contributed by atoms with E-state index < -0.39 is 0 Å². The summed E-state index contributed by atoms with van der Waals surface area (Å²) in [5.41, 5.74) is 0.925. The van der Waals surface area contributed by atoms with E-state index in [1.54, 1.807) is 12.1 Å². The van der Waals surface area contributed by atoms with E-state index in [0.717, 1.165) is 31.5 Å². The number of hydrogen-bond acceptors (Lipinski definition) is 2. The maximum absolute atomic E-state index is 12.8. The fraction of sp³-hybridized carbons (Fsp3) is 0.500. The van der Waals surface area contributed by atoms with Crippen LogP contribution >= 0.6 is 0 Å². The van der Waals surface area contributed by atoms with E-state index in [1.165, 1.54) is 12.1 Å². The molecular weight excluding hydrogens is 231 g/mol. The first kappa shape index (κ1) is 13.0. The molecule has 1 amide bonds. The van der Waals surface area contributed by atoms with Crippen molar-refractivity contribution in [2.24, 2.45) is 5.92 Å². The number of carbonyl (C=O) groups excluding carboxylic acids is 1. The van der Waals surface area contributed by atoms with Crippen LogP contribution in [0.5, 0.6) is 0 Å². The fourth-order valence-electron chi connectivity index (χ4n) is 2.24. The molecule has 1 saturated heterocycles. The zero-order valence-electron chi connectivity index (χ0n) is 10.6. The molecule has 1 aromatic carbocycles. The highest BCUT2D eigenvalue weighted by Gasteiger charge is 2.22. The highest BCUT2D eigenvalue weighted by Crippen LogP contribution is 2.16. The van der Waals surface area contributed by atoms with Crippen molar-refractivity contribution in [3.63, 3.8) is 0 Å². The van der Waals surface area contributed by atoms with Gasteiger partial charge >= 0.3 is 0 Å². The van der Waals surface area contributed by atoms with E-state index in [9.17, 15) is 9.18 Å². The van der Waals surface area contributed by atoms with Gasteiger partial charge in [0.05, 0.1) is 12.0 Å². The Morgan fingerprint density at radius 1 is 1.44 bits per heavy atom. The molecule has 0 bridgehead atoms. The monoisotopic (exact) mass is 250 g/mol. The van der Waals surface area contributed by atoms with Crippen LogP contribution in [0.2, 0.25) is 0 Å². The second-order valence-electron chi connectivity index (χ2n) is 4.83. The van der Waals surface area contributed by atoms with Crippen LogP contribution in [0.3, 0.4) is 0 Å². The van der Waals surface area contributed by atoms with Gasteiger partial charge in [-0.1, -0.05) is 12.1 Å². The second kappa shape index (κ2) is 5.96. The SMILES string of the molecule is C[C@@H](NC(=O)C1CCCNC1)c1ccc(F)cc1. The topological polar surface area (TPSA) is 41.1 Å². The van der Waals surface area contributed by atoms with Crippen LogP contribution < -0.4 is 10.6 Å². The Morgan fingerprint density at radius 3 is 2.78 bits per heavy atom. The molecule has 1 aliphatic rings. The molecule has 98 valence electrons. The van der Waals surface area contributed by atoms with E-state index in [1.807, 2.05) is 6.92 Å². The zero-order chi connectivity index (χ0) is 13.0. The normalized spacial score (nSPS) is 21.3. The Hall–Kier alpha value is -1.42. The molecule has 2 atom stereocenters. The summed E-state index contributed by atoms with van der Waals surface area (Å²) in [6.45, 7) is 3.67. The third-order valence-corrected chi connectivity index (χ3v) is 3.40. The highest BCUT2D eigenvalue weighted by molar-refractivity contribution is 5.79. The molecule has 1 unspecified atom stereocenters. The molecular formula is C14H19FN2O. The number of nitrogens with one attached hydrogen (secondary N) is 2. The van der Waals surface area contributed by atoms with Gasteiger partial charge in [-0.25, -0.2) is 4.39 Å². The van der Waals surface area contributed by atoms with Gasteiger partial charge in [0.25, 0.3) is 0 Å². The Balaban J connectivity index is 1.91. The molecule has 0 spiro atoms. The van der Waals surface area contributed by atoms with Gasteiger partial charge in [0.15, 0.2) is 0 Å². The predicted molar refractivity (Wildman–Crippen MR) is 68.6 cm³/mol. The summed E-state index contributed by atoms with van der Waals surface area (Å²) in [4.78, 5) is 12.0. The third-order valence-electron chi connectivity index (χ3n) is 3.40. The Morgan fingerprint density at radius 2 is 2.17 bits per heavy atom. The molecule has 2 rings (SSSR count). The van der Waals surface area contributed by atoms with E-state index in [-0.39, 0.29) is 23.7 Å². The highest BCUT2D eigenvalue weighted by atomic mass is 19.1.